The third-order valence-electron chi connectivity index (χ3n) is 2.02. The lowest BCUT2D eigenvalue weighted by Crippen LogP contribution is -1.89. The summed E-state index contributed by atoms with van der Waals surface area (Å²) in [6.07, 6.45) is 1.90. The van der Waals surface area contributed by atoms with Gasteiger partial charge >= 0.3 is 0 Å². The number of hydrogen-bond donors (Lipinski definition) is 1. The molecule has 1 aromatic carbocycles. The number of nitrogens with zero attached hydrogens (tertiary/aromatic N) is 1. The smallest absolute Gasteiger partial charge is 0.0794 e. The summed E-state index contributed by atoms with van der Waals surface area (Å²) < 4.78 is 0. The number of nitrogen functional groups attached to an aromatic ring is 1. The van der Waals surface area contributed by atoms with Crippen LogP contribution in [0.2, 0.25) is 0 Å². The molecule has 1 aromatic heterocycles. The zero-order valence-corrected chi connectivity index (χ0v) is 10.1. The SMILES string of the molecule is Cc1ccc(SCc2cncs2)c(N)c1. The third kappa shape index (κ3) is 2.73. The molecule has 2 rings (SSSR count). The van der Waals surface area contributed by atoms with E-state index in [4.69, 9.17) is 5.73 Å². The van der Waals surface area contributed by atoms with E-state index >= 15 is 0 Å². The van der Waals surface area contributed by atoms with Gasteiger partial charge < -0.3 is 5.73 Å². The molecule has 0 atom stereocenters. The second-order valence-electron chi connectivity index (χ2n) is 3.30. The Morgan fingerprint density at radius 3 is 3.00 bits per heavy atom. The Morgan fingerprint density at radius 2 is 2.33 bits per heavy atom. The maximum atomic E-state index is 5.93. The summed E-state index contributed by atoms with van der Waals surface area (Å²) in [5.74, 6) is 0.942. The number of nitrogens with two attached hydrogens (primary N) is 1. The maximum Gasteiger partial charge on any atom is 0.0794 e. The second kappa shape index (κ2) is 4.68. The molecule has 0 bridgehead atoms. The minimum absolute atomic E-state index is 0.865. The molecule has 0 radical (unpaired) electrons. The summed E-state index contributed by atoms with van der Waals surface area (Å²) in [6.45, 7) is 2.05. The summed E-state index contributed by atoms with van der Waals surface area (Å²) in [5, 5.41) is 0. The number of thioether (sulfide) groups is 1. The fourth-order valence-electron chi connectivity index (χ4n) is 1.26. The van der Waals surface area contributed by atoms with Gasteiger partial charge in [0.2, 0.25) is 0 Å². The quantitative estimate of drug-likeness (QED) is 0.656. The molecule has 0 saturated carbocycles. The van der Waals surface area contributed by atoms with E-state index in [1.807, 2.05) is 24.7 Å². The fraction of sp³-hybridized carbons (Fsp3) is 0.182. The van der Waals surface area contributed by atoms with E-state index in [1.54, 1.807) is 23.1 Å². The molecule has 2 aromatic rings. The van der Waals surface area contributed by atoms with Crippen molar-refractivity contribution < 1.29 is 0 Å². The number of rotatable bonds is 3. The first kappa shape index (κ1) is 10.5. The van der Waals surface area contributed by atoms with Crippen molar-refractivity contribution in [1.29, 1.82) is 0 Å². The van der Waals surface area contributed by atoms with Crippen LogP contribution in [0.1, 0.15) is 10.4 Å². The molecule has 0 spiro atoms. The van der Waals surface area contributed by atoms with Crippen LogP contribution in [0.25, 0.3) is 0 Å². The minimum atomic E-state index is 0.865. The van der Waals surface area contributed by atoms with Crippen LogP contribution in [-0.2, 0) is 5.75 Å². The highest BCUT2D eigenvalue weighted by atomic mass is 32.2. The van der Waals surface area contributed by atoms with E-state index in [2.05, 4.69) is 17.1 Å². The maximum absolute atomic E-state index is 5.93. The monoisotopic (exact) mass is 236 g/mol. The van der Waals surface area contributed by atoms with E-state index in [0.29, 0.717) is 0 Å². The minimum Gasteiger partial charge on any atom is -0.398 e. The van der Waals surface area contributed by atoms with Crippen LogP contribution < -0.4 is 5.73 Å². The molecule has 78 valence electrons. The van der Waals surface area contributed by atoms with Crippen LogP contribution in [0.3, 0.4) is 0 Å². The van der Waals surface area contributed by atoms with E-state index in [1.165, 1.54) is 10.4 Å². The van der Waals surface area contributed by atoms with Crippen LogP contribution in [0.4, 0.5) is 5.69 Å². The second-order valence-corrected chi connectivity index (χ2v) is 5.29. The van der Waals surface area contributed by atoms with Gasteiger partial charge in [0.25, 0.3) is 0 Å². The largest absolute Gasteiger partial charge is 0.398 e. The number of hydrogen-bond acceptors (Lipinski definition) is 4. The highest BCUT2D eigenvalue weighted by molar-refractivity contribution is 7.98. The zero-order chi connectivity index (χ0) is 10.7. The molecular formula is C11H12N2S2. The Balaban J connectivity index is 2.05. The molecule has 0 aliphatic rings. The molecule has 1 heterocycles. The fourth-order valence-corrected chi connectivity index (χ4v) is 2.85. The lowest BCUT2D eigenvalue weighted by atomic mass is 10.2. The van der Waals surface area contributed by atoms with Gasteiger partial charge in [-0.05, 0) is 24.6 Å². The van der Waals surface area contributed by atoms with Gasteiger partial charge in [0.15, 0.2) is 0 Å². The zero-order valence-electron chi connectivity index (χ0n) is 8.43. The first-order chi connectivity index (χ1) is 7.25. The van der Waals surface area contributed by atoms with Gasteiger partial charge in [-0.15, -0.1) is 23.1 Å². The standard InChI is InChI=1S/C11H12N2S2/c1-8-2-3-11(10(12)4-8)14-6-9-5-13-7-15-9/h2-5,7H,6,12H2,1H3. The topological polar surface area (TPSA) is 38.9 Å². The van der Waals surface area contributed by atoms with Crippen molar-refractivity contribution in [3.05, 3.63) is 40.3 Å². The van der Waals surface area contributed by atoms with E-state index < -0.39 is 0 Å². The number of aryl methyl sites for hydroxylation is 1. The molecule has 0 amide bonds. The van der Waals surface area contributed by atoms with Gasteiger partial charge in [-0.25, -0.2) is 0 Å². The summed E-state index contributed by atoms with van der Waals surface area (Å²) in [6, 6.07) is 6.18. The van der Waals surface area contributed by atoms with E-state index in [-0.39, 0.29) is 0 Å². The number of anilines is 1. The van der Waals surface area contributed by atoms with Gasteiger partial charge in [-0.1, -0.05) is 6.07 Å². The Bertz CT molecular complexity index is 438. The average molecular weight is 236 g/mol. The summed E-state index contributed by atoms with van der Waals surface area (Å²) in [7, 11) is 0. The molecule has 4 heteroatoms. The van der Waals surface area contributed by atoms with E-state index in [0.717, 1.165) is 16.3 Å². The predicted octanol–water partition coefficient (Wildman–Crippen LogP) is 3.33. The van der Waals surface area contributed by atoms with Crippen molar-refractivity contribution in [2.75, 3.05) is 5.73 Å². The lowest BCUT2D eigenvalue weighted by molar-refractivity contribution is 1.35. The van der Waals surface area contributed by atoms with Crippen LogP contribution >= 0.6 is 23.1 Å². The normalized spacial score (nSPS) is 10.5. The molecule has 0 aliphatic heterocycles. The highest BCUT2D eigenvalue weighted by Gasteiger charge is 2.01. The molecule has 0 aliphatic carbocycles. The van der Waals surface area contributed by atoms with Gasteiger partial charge in [0.1, 0.15) is 0 Å². The first-order valence-electron chi connectivity index (χ1n) is 4.62. The van der Waals surface area contributed by atoms with E-state index in [9.17, 15) is 0 Å². The van der Waals surface area contributed by atoms with Crippen LogP contribution in [0.15, 0.2) is 34.8 Å². The Morgan fingerprint density at radius 1 is 1.47 bits per heavy atom. The van der Waals surface area contributed by atoms with Crippen LogP contribution in [0.5, 0.6) is 0 Å². The van der Waals surface area contributed by atoms with Crippen molar-refractivity contribution in [3.8, 4) is 0 Å². The lowest BCUT2D eigenvalue weighted by Gasteiger charge is -2.04. The molecule has 0 unspecified atom stereocenters. The van der Waals surface area contributed by atoms with Gasteiger partial charge in [0.05, 0.1) is 5.51 Å². The predicted molar refractivity (Wildman–Crippen MR) is 67.3 cm³/mol. The summed E-state index contributed by atoms with van der Waals surface area (Å²) in [4.78, 5) is 6.47. The number of aromatic nitrogens is 1. The van der Waals surface area contributed by atoms with Gasteiger partial charge in [-0.3, -0.25) is 4.98 Å². The molecular weight excluding hydrogens is 224 g/mol. The molecule has 2 nitrogen and oxygen atoms in total. The summed E-state index contributed by atoms with van der Waals surface area (Å²) >= 11 is 3.44. The van der Waals surface area contributed by atoms with Crippen molar-refractivity contribution >= 4 is 28.8 Å². The molecule has 0 fully saturated rings. The van der Waals surface area contributed by atoms with Crippen molar-refractivity contribution in [2.45, 2.75) is 17.6 Å². The first-order valence-corrected chi connectivity index (χ1v) is 6.48. The highest BCUT2D eigenvalue weighted by Crippen LogP contribution is 2.29. The Hall–Kier alpha value is -1.00. The Kier molecular flexibility index (Phi) is 3.28. The van der Waals surface area contributed by atoms with Crippen molar-refractivity contribution in [2.24, 2.45) is 0 Å². The number of thiazole rings is 1. The van der Waals surface area contributed by atoms with Crippen LogP contribution in [-0.4, -0.2) is 4.98 Å². The van der Waals surface area contributed by atoms with Gasteiger partial charge in [-0.2, -0.15) is 0 Å². The molecule has 2 N–H and O–H groups in total. The van der Waals surface area contributed by atoms with Crippen molar-refractivity contribution in [1.82, 2.24) is 4.98 Å². The number of benzene rings is 1. The average Bonchev–Trinajstić information content (AvgIpc) is 2.69. The van der Waals surface area contributed by atoms with Crippen LogP contribution in [0, 0.1) is 6.92 Å². The third-order valence-corrected chi connectivity index (χ3v) is 4.12. The van der Waals surface area contributed by atoms with Gasteiger partial charge in [0, 0.05) is 27.4 Å². The summed E-state index contributed by atoms with van der Waals surface area (Å²) in [5.41, 5.74) is 9.85. The van der Waals surface area contributed by atoms with Crippen molar-refractivity contribution in [3.63, 3.8) is 0 Å². The molecule has 15 heavy (non-hydrogen) atoms. The molecule has 0 saturated heterocycles. The Labute approximate surface area is 97.5 Å².